The highest BCUT2D eigenvalue weighted by Gasteiger charge is 2.17. The Bertz CT molecular complexity index is 432. The van der Waals surface area contributed by atoms with Crippen LogP contribution in [-0.4, -0.2) is 19.7 Å². The Morgan fingerprint density at radius 2 is 2.00 bits per heavy atom. The Morgan fingerprint density at radius 3 is 2.44 bits per heavy atom. The molecular weight excluding hydrogens is 250 g/mol. The Kier molecular flexibility index (Phi) is 5.63. The molecule has 0 saturated heterocycles. The molecule has 3 nitrogen and oxygen atoms in total. The molecule has 0 aliphatic carbocycles. The van der Waals surface area contributed by atoms with Crippen LogP contribution in [0.5, 0.6) is 0 Å². The zero-order chi connectivity index (χ0) is 13.7. The molecule has 1 aromatic carbocycles. The lowest BCUT2D eigenvalue weighted by Crippen LogP contribution is -2.30. The van der Waals surface area contributed by atoms with E-state index >= 15 is 0 Å². The quantitative estimate of drug-likeness (QED) is 0.767. The van der Waals surface area contributed by atoms with Gasteiger partial charge in [0.25, 0.3) is 0 Å². The molecule has 0 atom stereocenters. The van der Waals surface area contributed by atoms with Crippen LogP contribution in [0.1, 0.15) is 31.9 Å². The summed E-state index contributed by atoms with van der Waals surface area (Å²) in [7, 11) is 1.56. The molecule has 0 aromatic heterocycles. The molecule has 0 aliphatic rings. The van der Waals surface area contributed by atoms with Gasteiger partial charge in [-0.25, -0.2) is 0 Å². The van der Waals surface area contributed by atoms with Gasteiger partial charge in [0.05, 0.1) is 10.7 Å². The fraction of sp³-hybridized carbons (Fsp3) is 0.500. The molecule has 0 bridgehead atoms. The molecule has 0 heterocycles. The standard InChI is InChI=1S/C14H20ClNO2/c1-5-11-7-8-13(14(15)12(11)6-2)16(9-18-4)10(3)17/h7-8H,5-6,9H2,1-4H3. The summed E-state index contributed by atoms with van der Waals surface area (Å²) in [4.78, 5) is 13.2. The van der Waals surface area contributed by atoms with E-state index in [2.05, 4.69) is 13.8 Å². The van der Waals surface area contributed by atoms with Crippen molar-refractivity contribution in [2.24, 2.45) is 0 Å². The van der Waals surface area contributed by atoms with Crippen molar-refractivity contribution < 1.29 is 9.53 Å². The third-order valence-corrected chi connectivity index (χ3v) is 3.41. The molecule has 0 fully saturated rings. The number of hydrogen-bond acceptors (Lipinski definition) is 2. The zero-order valence-corrected chi connectivity index (χ0v) is 12.2. The van der Waals surface area contributed by atoms with E-state index in [9.17, 15) is 4.79 Å². The fourth-order valence-electron chi connectivity index (χ4n) is 2.03. The molecule has 0 N–H and O–H groups in total. The number of ether oxygens (including phenoxy) is 1. The first-order chi connectivity index (χ1) is 8.56. The summed E-state index contributed by atoms with van der Waals surface area (Å²) in [5, 5.41) is 0.657. The van der Waals surface area contributed by atoms with Gasteiger partial charge in [0.1, 0.15) is 6.73 Å². The largest absolute Gasteiger partial charge is 0.364 e. The van der Waals surface area contributed by atoms with Crippen molar-refractivity contribution in [3.63, 3.8) is 0 Å². The van der Waals surface area contributed by atoms with Gasteiger partial charge in [0, 0.05) is 14.0 Å². The summed E-state index contributed by atoms with van der Waals surface area (Å²) in [6.07, 6.45) is 1.79. The maximum absolute atomic E-state index is 11.6. The average Bonchev–Trinajstić information content (AvgIpc) is 2.35. The van der Waals surface area contributed by atoms with E-state index in [1.54, 1.807) is 12.0 Å². The Labute approximate surface area is 114 Å². The maximum atomic E-state index is 11.6. The second-order valence-corrected chi connectivity index (χ2v) is 4.49. The van der Waals surface area contributed by atoms with Gasteiger partial charge in [-0.3, -0.25) is 9.69 Å². The highest BCUT2D eigenvalue weighted by atomic mass is 35.5. The number of halogens is 1. The van der Waals surface area contributed by atoms with Crippen molar-refractivity contribution in [3.05, 3.63) is 28.3 Å². The van der Waals surface area contributed by atoms with Gasteiger partial charge >= 0.3 is 0 Å². The van der Waals surface area contributed by atoms with E-state index in [-0.39, 0.29) is 12.6 Å². The number of aryl methyl sites for hydroxylation is 1. The highest BCUT2D eigenvalue weighted by Crippen LogP contribution is 2.32. The van der Waals surface area contributed by atoms with Gasteiger partial charge in [-0.05, 0) is 30.0 Å². The number of hydrogen-bond donors (Lipinski definition) is 0. The maximum Gasteiger partial charge on any atom is 0.225 e. The molecule has 1 rings (SSSR count). The Balaban J connectivity index is 3.27. The van der Waals surface area contributed by atoms with Crippen molar-refractivity contribution in [2.45, 2.75) is 33.6 Å². The second-order valence-electron chi connectivity index (χ2n) is 4.11. The lowest BCUT2D eigenvalue weighted by Gasteiger charge is -2.23. The SMILES string of the molecule is CCc1ccc(N(COC)C(C)=O)c(Cl)c1CC. The van der Waals surface area contributed by atoms with Crippen LogP contribution in [0.15, 0.2) is 12.1 Å². The Morgan fingerprint density at radius 1 is 1.33 bits per heavy atom. The molecule has 1 aromatic rings. The topological polar surface area (TPSA) is 29.5 Å². The highest BCUT2D eigenvalue weighted by molar-refractivity contribution is 6.34. The molecule has 1 amide bonds. The fourth-order valence-corrected chi connectivity index (χ4v) is 2.45. The van der Waals surface area contributed by atoms with Crippen molar-refractivity contribution in [3.8, 4) is 0 Å². The zero-order valence-electron chi connectivity index (χ0n) is 11.4. The molecule has 0 radical (unpaired) electrons. The van der Waals surface area contributed by atoms with Crippen LogP contribution in [0.3, 0.4) is 0 Å². The van der Waals surface area contributed by atoms with Gasteiger partial charge in [0.2, 0.25) is 5.91 Å². The third kappa shape index (κ3) is 3.03. The second kappa shape index (κ2) is 6.76. The van der Waals surface area contributed by atoms with E-state index in [1.165, 1.54) is 12.5 Å². The van der Waals surface area contributed by atoms with Crippen molar-refractivity contribution in [1.82, 2.24) is 0 Å². The Hall–Kier alpha value is -1.06. The number of amides is 1. The molecule has 0 unspecified atom stereocenters. The van der Waals surface area contributed by atoms with Crippen molar-refractivity contribution in [1.29, 1.82) is 0 Å². The summed E-state index contributed by atoms with van der Waals surface area (Å²) in [6, 6.07) is 3.92. The van der Waals surface area contributed by atoms with Crippen LogP contribution in [-0.2, 0) is 22.4 Å². The molecule has 4 heteroatoms. The average molecular weight is 270 g/mol. The molecule has 0 saturated carbocycles. The minimum Gasteiger partial charge on any atom is -0.364 e. The number of methoxy groups -OCH3 is 1. The monoisotopic (exact) mass is 269 g/mol. The van der Waals surface area contributed by atoms with Crippen LogP contribution in [0.25, 0.3) is 0 Å². The van der Waals surface area contributed by atoms with Gasteiger partial charge < -0.3 is 4.74 Å². The predicted octanol–water partition coefficient (Wildman–Crippen LogP) is 3.42. The van der Waals surface area contributed by atoms with E-state index in [1.807, 2.05) is 12.1 Å². The smallest absolute Gasteiger partial charge is 0.225 e. The molecular formula is C14H20ClNO2. The normalized spacial score (nSPS) is 10.5. The van der Waals surface area contributed by atoms with E-state index in [0.29, 0.717) is 5.02 Å². The summed E-state index contributed by atoms with van der Waals surface area (Å²) in [6.45, 7) is 5.89. The first kappa shape index (κ1) is 15.0. The van der Waals surface area contributed by atoms with Crippen LogP contribution in [0, 0.1) is 0 Å². The van der Waals surface area contributed by atoms with E-state index < -0.39 is 0 Å². The number of anilines is 1. The number of nitrogens with zero attached hydrogens (tertiary/aromatic N) is 1. The lowest BCUT2D eigenvalue weighted by molar-refractivity contribution is -0.117. The number of rotatable bonds is 5. The first-order valence-electron chi connectivity index (χ1n) is 6.14. The summed E-state index contributed by atoms with van der Waals surface area (Å²) in [5.41, 5.74) is 3.06. The molecule has 18 heavy (non-hydrogen) atoms. The molecule has 0 aliphatic heterocycles. The van der Waals surface area contributed by atoms with Gasteiger partial charge in [-0.15, -0.1) is 0 Å². The first-order valence-corrected chi connectivity index (χ1v) is 6.51. The third-order valence-electron chi connectivity index (χ3n) is 2.98. The predicted molar refractivity (Wildman–Crippen MR) is 75.2 cm³/mol. The minimum atomic E-state index is -0.0787. The lowest BCUT2D eigenvalue weighted by atomic mass is 10.0. The van der Waals surface area contributed by atoms with Crippen LogP contribution in [0.4, 0.5) is 5.69 Å². The molecule has 0 spiro atoms. The van der Waals surface area contributed by atoms with Crippen molar-refractivity contribution in [2.75, 3.05) is 18.7 Å². The van der Waals surface area contributed by atoms with E-state index in [0.717, 1.165) is 24.1 Å². The summed E-state index contributed by atoms with van der Waals surface area (Å²) in [5.74, 6) is -0.0787. The van der Waals surface area contributed by atoms with Crippen molar-refractivity contribution >= 4 is 23.2 Å². The van der Waals surface area contributed by atoms with Crippen LogP contribution in [0.2, 0.25) is 5.02 Å². The van der Waals surface area contributed by atoms with Crippen LogP contribution < -0.4 is 4.90 Å². The van der Waals surface area contributed by atoms with E-state index in [4.69, 9.17) is 16.3 Å². The van der Waals surface area contributed by atoms with Crippen LogP contribution >= 0.6 is 11.6 Å². The molecule has 100 valence electrons. The summed E-state index contributed by atoms with van der Waals surface area (Å²) < 4.78 is 5.05. The number of carbonyl (C=O) groups is 1. The number of benzene rings is 1. The van der Waals surface area contributed by atoms with Gasteiger partial charge in [-0.1, -0.05) is 31.5 Å². The number of carbonyl (C=O) groups excluding carboxylic acids is 1. The summed E-state index contributed by atoms with van der Waals surface area (Å²) >= 11 is 6.42. The van der Waals surface area contributed by atoms with Gasteiger partial charge in [0.15, 0.2) is 0 Å². The minimum absolute atomic E-state index is 0.0787. The van der Waals surface area contributed by atoms with Gasteiger partial charge in [-0.2, -0.15) is 0 Å².